The van der Waals surface area contributed by atoms with Crippen LogP contribution in [0.5, 0.6) is 0 Å². The van der Waals surface area contributed by atoms with Crippen LogP contribution in [0.15, 0.2) is 0 Å². The first-order valence-corrected chi connectivity index (χ1v) is 7.41. The summed E-state index contributed by atoms with van der Waals surface area (Å²) in [5, 5.41) is 0.781. The molecule has 0 aromatic heterocycles. The third-order valence-corrected chi connectivity index (χ3v) is 5.01. The zero-order valence-corrected chi connectivity index (χ0v) is 11.1. The second-order valence-electron chi connectivity index (χ2n) is 5.23. The molecule has 0 amide bonds. The lowest BCUT2D eigenvalue weighted by Gasteiger charge is -2.42. The van der Waals surface area contributed by atoms with Crippen LogP contribution in [0.4, 0.5) is 0 Å². The van der Waals surface area contributed by atoms with Gasteiger partial charge < -0.3 is 15.4 Å². The Bertz CT molecular complexity index is 219. The molecule has 2 heterocycles. The predicted molar refractivity (Wildman–Crippen MR) is 69.9 cm³/mol. The fourth-order valence-corrected chi connectivity index (χ4v) is 3.82. The number of hydrogen-bond acceptors (Lipinski definition) is 4. The molecule has 2 aliphatic heterocycles. The van der Waals surface area contributed by atoms with Crippen molar-refractivity contribution in [2.24, 2.45) is 11.1 Å². The number of rotatable bonds is 3. The third-order valence-electron chi connectivity index (χ3n) is 3.87. The van der Waals surface area contributed by atoms with Crippen molar-refractivity contribution in [2.75, 3.05) is 45.1 Å². The van der Waals surface area contributed by atoms with Crippen molar-refractivity contribution in [3.8, 4) is 0 Å². The first-order valence-electron chi connectivity index (χ1n) is 6.36. The summed E-state index contributed by atoms with van der Waals surface area (Å²) in [5.41, 5.74) is 6.34. The number of nitrogens with zero attached hydrogens (tertiary/aromatic N) is 1. The molecule has 94 valence electrons. The Labute approximate surface area is 103 Å². The maximum absolute atomic E-state index is 6.00. The van der Waals surface area contributed by atoms with Gasteiger partial charge in [-0.25, -0.2) is 0 Å². The van der Waals surface area contributed by atoms with Gasteiger partial charge in [-0.05, 0) is 24.8 Å². The molecule has 2 N–H and O–H groups in total. The lowest BCUT2D eigenvalue weighted by Crippen LogP contribution is -2.49. The topological polar surface area (TPSA) is 38.5 Å². The van der Waals surface area contributed by atoms with E-state index in [2.05, 4.69) is 23.6 Å². The molecule has 2 fully saturated rings. The fourth-order valence-electron chi connectivity index (χ4n) is 2.74. The highest BCUT2D eigenvalue weighted by Crippen LogP contribution is 2.31. The van der Waals surface area contributed by atoms with E-state index in [0.29, 0.717) is 5.41 Å². The van der Waals surface area contributed by atoms with Crippen molar-refractivity contribution in [1.29, 1.82) is 0 Å². The molecule has 3 nitrogen and oxygen atoms in total. The monoisotopic (exact) mass is 244 g/mol. The van der Waals surface area contributed by atoms with Gasteiger partial charge in [0.15, 0.2) is 0 Å². The Morgan fingerprint density at radius 2 is 2.19 bits per heavy atom. The van der Waals surface area contributed by atoms with Gasteiger partial charge in [-0.2, -0.15) is 11.8 Å². The third kappa shape index (κ3) is 3.13. The summed E-state index contributed by atoms with van der Waals surface area (Å²) >= 11 is 2.09. The van der Waals surface area contributed by atoms with Crippen molar-refractivity contribution in [1.82, 2.24) is 4.90 Å². The van der Waals surface area contributed by atoms with Crippen LogP contribution in [-0.2, 0) is 4.74 Å². The highest BCUT2D eigenvalue weighted by atomic mass is 32.2. The smallest absolute Gasteiger partial charge is 0.0472 e. The standard InChI is InChI=1S/C12H24N2OS/c1-11-8-14(4-7-16-11)10-12(9-13)2-5-15-6-3-12/h11H,2-10,13H2,1H3. The molecule has 2 aliphatic rings. The van der Waals surface area contributed by atoms with E-state index >= 15 is 0 Å². The minimum Gasteiger partial charge on any atom is -0.381 e. The van der Waals surface area contributed by atoms with Gasteiger partial charge in [0.05, 0.1) is 0 Å². The highest BCUT2D eigenvalue weighted by molar-refractivity contribution is 7.99. The molecular formula is C12H24N2OS. The second kappa shape index (κ2) is 5.71. The summed E-state index contributed by atoms with van der Waals surface area (Å²) in [6.45, 7) is 8.58. The van der Waals surface area contributed by atoms with Crippen LogP contribution in [0.25, 0.3) is 0 Å². The van der Waals surface area contributed by atoms with Crippen molar-refractivity contribution in [3.63, 3.8) is 0 Å². The van der Waals surface area contributed by atoms with Gasteiger partial charge >= 0.3 is 0 Å². The van der Waals surface area contributed by atoms with Crippen molar-refractivity contribution < 1.29 is 4.74 Å². The fraction of sp³-hybridized carbons (Fsp3) is 1.00. The Hall–Kier alpha value is 0.230. The molecule has 0 bridgehead atoms. The molecule has 16 heavy (non-hydrogen) atoms. The summed E-state index contributed by atoms with van der Waals surface area (Å²) in [5.74, 6) is 1.28. The molecule has 0 radical (unpaired) electrons. The Kier molecular flexibility index (Phi) is 4.53. The largest absolute Gasteiger partial charge is 0.381 e. The lowest BCUT2D eigenvalue weighted by atomic mass is 9.79. The van der Waals surface area contributed by atoms with Crippen molar-refractivity contribution in [2.45, 2.75) is 25.0 Å². The van der Waals surface area contributed by atoms with E-state index in [9.17, 15) is 0 Å². The molecule has 0 aromatic rings. The van der Waals surface area contributed by atoms with E-state index in [1.54, 1.807) is 0 Å². The number of nitrogens with two attached hydrogens (primary N) is 1. The highest BCUT2D eigenvalue weighted by Gasteiger charge is 2.34. The number of hydrogen-bond donors (Lipinski definition) is 1. The maximum Gasteiger partial charge on any atom is 0.0472 e. The second-order valence-corrected chi connectivity index (χ2v) is 6.78. The average Bonchev–Trinajstić information content (AvgIpc) is 2.30. The van der Waals surface area contributed by atoms with E-state index in [1.165, 1.54) is 25.4 Å². The van der Waals surface area contributed by atoms with Crippen LogP contribution in [0, 0.1) is 5.41 Å². The molecule has 1 atom stereocenters. The van der Waals surface area contributed by atoms with Gasteiger partial charge in [0, 0.05) is 43.9 Å². The van der Waals surface area contributed by atoms with Crippen LogP contribution < -0.4 is 5.73 Å². The Morgan fingerprint density at radius 1 is 1.44 bits per heavy atom. The van der Waals surface area contributed by atoms with Crippen molar-refractivity contribution >= 4 is 11.8 Å². The van der Waals surface area contributed by atoms with Gasteiger partial charge in [-0.3, -0.25) is 0 Å². The summed E-state index contributed by atoms with van der Waals surface area (Å²) < 4.78 is 5.46. The quantitative estimate of drug-likeness (QED) is 0.809. The minimum atomic E-state index is 0.333. The zero-order chi connectivity index (χ0) is 11.4. The van der Waals surface area contributed by atoms with Crippen LogP contribution in [-0.4, -0.2) is 55.3 Å². The minimum absolute atomic E-state index is 0.333. The van der Waals surface area contributed by atoms with E-state index < -0.39 is 0 Å². The normalized spacial score (nSPS) is 31.5. The van der Waals surface area contributed by atoms with Gasteiger partial charge in [0.1, 0.15) is 0 Å². The van der Waals surface area contributed by atoms with E-state index in [1.807, 2.05) is 0 Å². The summed E-state index contributed by atoms with van der Waals surface area (Å²) in [6, 6.07) is 0. The zero-order valence-electron chi connectivity index (χ0n) is 10.3. The van der Waals surface area contributed by atoms with E-state index in [-0.39, 0.29) is 0 Å². The summed E-state index contributed by atoms with van der Waals surface area (Å²) in [4.78, 5) is 2.61. The molecule has 0 spiro atoms. The molecule has 0 saturated carbocycles. The molecule has 0 aliphatic carbocycles. The van der Waals surface area contributed by atoms with Gasteiger partial charge in [0.25, 0.3) is 0 Å². The molecular weight excluding hydrogens is 220 g/mol. The molecule has 0 aromatic carbocycles. The van der Waals surface area contributed by atoms with Gasteiger partial charge in [-0.15, -0.1) is 0 Å². The number of thioether (sulfide) groups is 1. The molecule has 2 saturated heterocycles. The van der Waals surface area contributed by atoms with Crippen LogP contribution in [0.3, 0.4) is 0 Å². The summed E-state index contributed by atoms with van der Waals surface area (Å²) in [6.07, 6.45) is 2.28. The van der Waals surface area contributed by atoms with E-state index in [4.69, 9.17) is 10.5 Å². The van der Waals surface area contributed by atoms with Crippen LogP contribution >= 0.6 is 11.8 Å². The SMILES string of the molecule is CC1CN(CC2(CN)CCOCC2)CCS1. The average molecular weight is 244 g/mol. The lowest BCUT2D eigenvalue weighted by molar-refractivity contribution is 0.000560. The van der Waals surface area contributed by atoms with Crippen LogP contribution in [0.2, 0.25) is 0 Å². The predicted octanol–water partition coefficient (Wildman–Crippen LogP) is 1.18. The van der Waals surface area contributed by atoms with Crippen molar-refractivity contribution in [3.05, 3.63) is 0 Å². The van der Waals surface area contributed by atoms with E-state index in [0.717, 1.165) is 37.9 Å². The number of ether oxygens (including phenoxy) is 1. The Balaban J connectivity index is 1.89. The molecule has 4 heteroatoms. The molecule has 2 rings (SSSR count). The Morgan fingerprint density at radius 3 is 2.81 bits per heavy atom. The molecule has 1 unspecified atom stereocenters. The van der Waals surface area contributed by atoms with Gasteiger partial charge in [-0.1, -0.05) is 6.92 Å². The van der Waals surface area contributed by atoms with Crippen LogP contribution in [0.1, 0.15) is 19.8 Å². The summed E-state index contributed by atoms with van der Waals surface area (Å²) in [7, 11) is 0. The van der Waals surface area contributed by atoms with Gasteiger partial charge in [0.2, 0.25) is 0 Å². The first kappa shape index (κ1) is 12.7. The first-order chi connectivity index (χ1) is 7.74. The maximum atomic E-state index is 6.00.